The maximum Gasteiger partial charge on any atom is 0.240 e. The van der Waals surface area contributed by atoms with Gasteiger partial charge in [0.1, 0.15) is 0 Å². The first-order valence-electron chi connectivity index (χ1n) is 7.06. The molecule has 4 nitrogen and oxygen atoms in total. The average molecular weight is 312 g/mol. The number of benzene rings is 1. The Morgan fingerprint density at radius 3 is 2.45 bits per heavy atom. The molecule has 3 rings (SSSR count). The van der Waals surface area contributed by atoms with Gasteiger partial charge in [0.15, 0.2) is 0 Å². The van der Waals surface area contributed by atoms with Crippen molar-refractivity contribution in [1.82, 2.24) is 10.0 Å². The average Bonchev–Trinajstić information content (AvgIpc) is 3.14. The minimum Gasteiger partial charge on any atom is -0.310 e. The van der Waals surface area contributed by atoms with Crippen LogP contribution in [0.15, 0.2) is 29.2 Å². The molecule has 0 spiro atoms. The van der Waals surface area contributed by atoms with Gasteiger partial charge >= 0.3 is 0 Å². The number of thioether (sulfide) groups is 1. The van der Waals surface area contributed by atoms with Crippen LogP contribution in [0.5, 0.6) is 0 Å². The summed E-state index contributed by atoms with van der Waals surface area (Å²) in [6.45, 7) is 0.817. The van der Waals surface area contributed by atoms with E-state index in [1.165, 1.54) is 12.8 Å². The van der Waals surface area contributed by atoms with Crippen LogP contribution in [0.1, 0.15) is 24.8 Å². The van der Waals surface area contributed by atoms with E-state index in [0.29, 0.717) is 10.9 Å². The summed E-state index contributed by atoms with van der Waals surface area (Å²) in [7, 11) is -3.36. The van der Waals surface area contributed by atoms with E-state index in [4.69, 9.17) is 0 Å². The molecule has 0 amide bonds. The zero-order chi connectivity index (χ0) is 14.0. The van der Waals surface area contributed by atoms with E-state index in [0.717, 1.165) is 30.0 Å². The lowest BCUT2D eigenvalue weighted by Gasteiger charge is -2.12. The molecule has 1 saturated carbocycles. The molecule has 1 saturated heterocycles. The Kier molecular flexibility index (Phi) is 4.35. The SMILES string of the molecule is O=S(=O)(NC1CCSC1)c1ccc(CNC2CC2)cc1. The molecule has 1 aliphatic heterocycles. The number of sulfonamides is 1. The Balaban J connectivity index is 1.62. The smallest absolute Gasteiger partial charge is 0.240 e. The Bertz CT molecular complexity index is 547. The van der Waals surface area contributed by atoms with E-state index >= 15 is 0 Å². The zero-order valence-corrected chi connectivity index (χ0v) is 13.0. The van der Waals surface area contributed by atoms with Crippen LogP contribution in [-0.4, -0.2) is 32.0 Å². The first-order chi connectivity index (χ1) is 9.63. The van der Waals surface area contributed by atoms with Gasteiger partial charge in [-0.15, -0.1) is 0 Å². The fourth-order valence-electron chi connectivity index (χ4n) is 2.25. The van der Waals surface area contributed by atoms with Gasteiger partial charge in [0.25, 0.3) is 0 Å². The fraction of sp³-hybridized carbons (Fsp3) is 0.571. The molecule has 1 heterocycles. The molecule has 0 aromatic heterocycles. The van der Waals surface area contributed by atoms with Crippen molar-refractivity contribution in [2.75, 3.05) is 11.5 Å². The van der Waals surface area contributed by atoms with Crippen molar-refractivity contribution >= 4 is 21.8 Å². The summed E-state index contributed by atoms with van der Waals surface area (Å²) in [5.41, 5.74) is 1.13. The van der Waals surface area contributed by atoms with E-state index in [2.05, 4.69) is 10.0 Å². The Hall–Kier alpha value is -0.560. The summed E-state index contributed by atoms with van der Waals surface area (Å²) in [6.07, 6.45) is 3.44. The van der Waals surface area contributed by atoms with Crippen molar-refractivity contribution in [3.8, 4) is 0 Å². The van der Waals surface area contributed by atoms with E-state index in [-0.39, 0.29) is 6.04 Å². The maximum atomic E-state index is 12.2. The third kappa shape index (κ3) is 3.75. The quantitative estimate of drug-likeness (QED) is 0.840. The van der Waals surface area contributed by atoms with Gasteiger partial charge in [-0.1, -0.05) is 12.1 Å². The molecule has 1 unspecified atom stereocenters. The molecule has 2 N–H and O–H groups in total. The van der Waals surface area contributed by atoms with Crippen LogP contribution < -0.4 is 10.0 Å². The lowest BCUT2D eigenvalue weighted by molar-refractivity contribution is 0.563. The third-order valence-electron chi connectivity index (χ3n) is 3.66. The highest BCUT2D eigenvalue weighted by Gasteiger charge is 2.23. The molecule has 2 aliphatic rings. The molecule has 1 aliphatic carbocycles. The molecule has 1 aromatic carbocycles. The van der Waals surface area contributed by atoms with Crippen molar-refractivity contribution < 1.29 is 8.42 Å². The monoisotopic (exact) mass is 312 g/mol. The van der Waals surface area contributed by atoms with Gasteiger partial charge in [0.05, 0.1) is 4.90 Å². The standard InChI is InChI=1S/C14H20N2O2S2/c17-20(18,16-13-7-8-19-10-13)14-5-1-11(2-6-14)9-15-12-3-4-12/h1-2,5-6,12-13,15-16H,3-4,7-10H2. The molecule has 110 valence electrons. The van der Waals surface area contributed by atoms with Crippen LogP contribution in [0.3, 0.4) is 0 Å². The van der Waals surface area contributed by atoms with Gasteiger partial charge < -0.3 is 5.32 Å². The van der Waals surface area contributed by atoms with Gasteiger partial charge in [-0.25, -0.2) is 13.1 Å². The normalized spacial score (nSPS) is 23.1. The Labute approximate surface area is 124 Å². The molecule has 6 heteroatoms. The molecule has 2 fully saturated rings. The molecular formula is C14H20N2O2S2. The largest absolute Gasteiger partial charge is 0.310 e. The molecule has 0 bridgehead atoms. The van der Waals surface area contributed by atoms with Crippen LogP contribution in [0.2, 0.25) is 0 Å². The molecule has 1 atom stereocenters. The number of rotatable bonds is 6. The number of hydrogen-bond donors (Lipinski definition) is 2. The summed E-state index contributed by atoms with van der Waals surface area (Å²) in [5, 5.41) is 3.42. The van der Waals surface area contributed by atoms with E-state index in [1.807, 2.05) is 12.1 Å². The summed E-state index contributed by atoms with van der Waals surface area (Å²) >= 11 is 1.80. The molecular weight excluding hydrogens is 292 g/mol. The second kappa shape index (κ2) is 6.05. The predicted molar refractivity (Wildman–Crippen MR) is 82.4 cm³/mol. The van der Waals surface area contributed by atoms with Gasteiger partial charge in [0, 0.05) is 24.4 Å². The topological polar surface area (TPSA) is 58.2 Å². The third-order valence-corrected chi connectivity index (χ3v) is 6.36. The second-order valence-corrected chi connectivity index (χ2v) is 8.34. The summed E-state index contributed by atoms with van der Waals surface area (Å²) in [5.74, 6) is 1.92. The van der Waals surface area contributed by atoms with Crippen LogP contribution >= 0.6 is 11.8 Å². The minimum atomic E-state index is -3.36. The van der Waals surface area contributed by atoms with E-state index in [1.54, 1.807) is 23.9 Å². The van der Waals surface area contributed by atoms with E-state index in [9.17, 15) is 8.42 Å². The highest BCUT2D eigenvalue weighted by atomic mass is 32.2. The van der Waals surface area contributed by atoms with Crippen LogP contribution in [0.25, 0.3) is 0 Å². The van der Waals surface area contributed by atoms with Crippen molar-refractivity contribution in [1.29, 1.82) is 0 Å². The van der Waals surface area contributed by atoms with Crippen LogP contribution in [-0.2, 0) is 16.6 Å². The minimum absolute atomic E-state index is 0.0845. The summed E-state index contributed by atoms with van der Waals surface area (Å²) in [4.78, 5) is 0.365. The highest BCUT2D eigenvalue weighted by molar-refractivity contribution is 7.99. The first-order valence-corrected chi connectivity index (χ1v) is 9.70. The molecule has 0 radical (unpaired) electrons. The fourth-order valence-corrected chi connectivity index (χ4v) is 4.78. The van der Waals surface area contributed by atoms with Crippen LogP contribution in [0, 0.1) is 0 Å². The highest BCUT2D eigenvalue weighted by Crippen LogP contribution is 2.21. The van der Waals surface area contributed by atoms with Crippen LogP contribution in [0.4, 0.5) is 0 Å². The lowest BCUT2D eigenvalue weighted by atomic mass is 10.2. The predicted octanol–water partition coefficient (Wildman–Crippen LogP) is 1.72. The van der Waals surface area contributed by atoms with Gasteiger partial charge in [-0.2, -0.15) is 11.8 Å². The van der Waals surface area contributed by atoms with Gasteiger partial charge in [0.2, 0.25) is 10.0 Å². The lowest BCUT2D eigenvalue weighted by Crippen LogP contribution is -2.34. The molecule has 1 aromatic rings. The summed E-state index contributed by atoms with van der Waals surface area (Å²) < 4.78 is 27.3. The maximum absolute atomic E-state index is 12.2. The van der Waals surface area contributed by atoms with Crippen molar-refractivity contribution in [3.63, 3.8) is 0 Å². The number of hydrogen-bond acceptors (Lipinski definition) is 4. The van der Waals surface area contributed by atoms with Crippen molar-refractivity contribution in [2.45, 2.75) is 42.8 Å². The Morgan fingerprint density at radius 1 is 1.10 bits per heavy atom. The van der Waals surface area contributed by atoms with Gasteiger partial charge in [-0.05, 0) is 42.7 Å². The number of nitrogens with one attached hydrogen (secondary N) is 2. The second-order valence-electron chi connectivity index (χ2n) is 5.48. The Morgan fingerprint density at radius 2 is 1.85 bits per heavy atom. The van der Waals surface area contributed by atoms with Crippen molar-refractivity contribution in [2.24, 2.45) is 0 Å². The van der Waals surface area contributed by atoms with Gasteiger partial charge in [-0.3, -0.25) is 0 Å². The zero-order valence-electron chi connectivity index (χ0n) is 11.3. The summed E-state index contributed by atoms with van der Waals surface area (Å²) in [6, 6.07) is 7.95. The van der Waals surface area contributed by atoms with Crippen molar-refractivity contribution in [3.05, 3.63) is 29.8 Å². The molecule has 20 heavy (non-hydrogen) atoms. The van der Waals surface area contributed by atoms with E-state index < -0.39 is 10.0 Å². The first kappa shape index (κ1) is 14.4.